The van der Waals surface area contributed by atoms with Gasteiger partial charge in [0.05, 0.1) is 25.4 Å². The minimum absolute atomic E-state index is 0.126. The first-order valence-electron chi connectivity index (χ1n) is 8.88. The van der Waals surface area contributed by atoms with Crippen LogP contribution in [-0.4, -0.2) is 37.9 Å². The highest BCUT2D eigenvalue weighted by Gasteiger charge is 2.19. The summed E-state index contributed by atoms with van der Waals surface area (Å²) in [6.07, 6.45) is 2.12. The molecule has 130 valence electrons. The van der Waals surface area contributed by atoms with Crippen molar-refractivity contribution < 1.29 is 14.4 Å². The van der Waals surface area contributed by atoms with Crippen molar-refractivity contribution >= 4 is 10.9 Å². The van der Waals surface area contributed by atoms with Gasteiger partial charge in [0.15, 0.2) is 5.43 Å². The summed E-state index contributed by atoms with van der Waals surface area (Å²) in [5.74, 6) is 0.773. The molecular formula is C19H27N2O3+. The summed E-state index contributed by atoms with van der Waals surface area (Å²) < 4.78 is 11.2. The number of quaternary nitrogens is 1. The van der Waals surface area contributed by atoms with E-state index in [-0.39, 0.29) is 5.43 Å². The van der Waals surface area contributed by atoms with Crippen LogP contribution in [0.3, 0.4) is 0 Å². The van der Waals surface area contributed by atoms with E-state index in [0.29, 0.717) is 6.61 Å². The highest BCUT2D eigenvalue weighted by Crippen LogP contribution is 2.18. The Hall–Kier alpha value is -1.85. The molecule has 1 aromatic heterocycles. The van der Waals surface area contributed by atoms with Gasteiger partial charge in [0.2, 0.25) is 0 Å². The van der Waals surface area contributed by atoms with Crippen LogP contribution in [0.1, 0.15) is 31.0 Å². The molecular weight excluding hydrogens is 304 g/mol. The van der Waals surface area contributed by atoms with E-state index in [1.807, 2.05) is 25.1 Å². The number of benzene rings is 1. The van der Waals surface area contributed by atoms with Crippen LogP contribution in [0.25, 0.3) is 10.9 Å². The molecule has 2 N–H and O–H groups in total. The first-order valence-corrected chi connectivity index (χ1v) is 8.88. The molecule has 2 heterocycles. The summed E-state index contributed by atoms with van der Waals surface area (Å²) in [5, 5.41) is 0.720. The predicted octanol–water partition coefficient (Wildman–Crippen LogP) is 1.43. The van der Waals surface area contributed by atoms with Crippen LogP contribution < -0.4 is 15.1 Å². The van der Waals surface area contributed by atoms with E-state index in [4.69, 9.17) is 9.47 Å². The standard InChI is InChI=1S/C19H26N2O3/c1-3-4-9-24-15-5-6-18-16(12-15)19(22)17(14(2)20-18)13-21-7-10-23-11-8-21/h5-6,12H,3-4,7-11,13H2,1-2H3,(H,20,22)/p+1. The Morgan fingerprint density at radius 3 is 2.83 bits per heavy atom. The Kier molecular flexibility index (Phi) is 5.53. The summed E-state index contributed by atoms with van der Waals surface area (Å²) in [6, 6.07) is 5.75. The Labute approximate surface area is 142 Å². The zero-order valence-electron chi connectivity index (χ0n) is 14.6. The normalized spacial score (nSPS) is 15.8. The van der Waals surface area contributed by atoms with Gasteiger partial charge >= 0.3 is 0 Å². The zero-order valence-corrected chi connectivity index (χ0v) is 14.6. The number of hydrogen-bond donors (Lipinski definition) is 2. The highest BCUT2D eigenvalue weighted by atomic mass is 16.5. The van der Waals surface area contributed by atoms with Gasteiger partial charge in [-0.25, -0.2) is 0 Å². The first-order chi connectivity index (χ1) is 11.7. The molecule has 3 rings (SSSR count). The molecule has 0 saturated carbocycles. The number of rotatable bonds is 6. The van der Waals surface area contributed by atoms with Gasteiger partial charge in [0.1, 0.15) is 25.4 Å². The molecule has 2 aromatic rings. The molecule has 0 spiro atoms. The Bertz CT molecular complexity index is 748. The van der Waals surface area contributed by atoms with Crippen LogP contribution in [0.15, 0.2) is 23.0 Å². The van der Waals surface area contributed by atoms with Gasteiger partial charge in [0.25, 0.3) is 0 Å². The van der Waals surface area contributed by atoms with E-state index >= 15 is 0 Å². The number of hydrogen-bond acceptors (Lipinski definition) is 3. The lowest BCUT2D eigenvalue weighted by atomic mass is 10.1. The highest BCUT2D eigenvalue weighted by molar-refractivity contribution is 5.81. The third kappa shape index (κ3) is 3.79. The zero-order chi connectivity index (χ0) is 16.9. The number of aromatic amines is 1. The van der Waals surface area contributed by atoms with E-state index in [1.54, 1.807) is 0 Å². The fourth-order valence-electron chi connectivity index (χ4n) is 3.15. The Morgan fingerprint density at radius 2 is 2.08 bits per heavy atom. The SMILES string of the molecule is CCCCOc1ccc2[nH]c(C)c(C[NH+]3CCOCC3)c(=O)c2c1. The van der Waals surface area contributed by atoms with Crippen molar-refractivity contribution in [1.29, 1.82) is 0 Å². The predicted molar refractivity (Wildman–Crippen MR) is 94.9 cm³/mol. The molecule has 1 fully saturated rings. The fraction of sp³-hybridized carbons (Fsp3) is 0.526. The van der Waals surface area contributed by atoms with Gasteiger partial charge in [-0.3, -0.25) is 4.79 Å². The Balaban J connectivity index is 1.89. The minimum atomic E-state index is 0.126. The number of aromatic nitrogens is 1. The molecule has 0 bridgehead atoms. The molecule has 0 amide bonds. The molecule has 1 aliphatic rings. The second-order valence-corrected chi connectivity index (χ2v) is 6.51. The average Bonchev–Trinajstić information content (AvgIpc) is 2.60. The lowest BCUT2D eigenvalue weighted by Gasteiger charge is -2.24. The molecule has 0 aliphatic carbocycles. The van der Waals surface area contributed by atoms with Crippen molar-refractivity contribution in [3.05, 3.63) is 39.7 Å². The maximum absolute atomic E-state index is 13.0. The third-order valence-corrected chi connectivity index (χ3v) is 4.68. The van der Waals surface area contributed by atoms with Gasteiger partial charge in [-0.15, -0.1) is 0 Å². The van der Waals surface area contributed by atoms with Crippen LogP contribution in [0, 0.1) is 6.92 Å². The summed E-state index contributed by atoms with van der Waals surface area (Å²) in [6.45, 7) is 9.02. The van der Waals surface area contributed by atoms with Crippen molar-refractivity contribution in [2.24, 2.45) is 0 Å². The van der Waals surface area contributed by atoms with E-state index in [1.165, 1.54) is 4.90 Å². The van der Waals surface area contributed by atoms with Crippen molar-refractivity contribution in [2.45, 2.75) is 33.2 Å². The van der Waals surface area contributed by atoms with Crippen molar-refractivity contribution in [1.82, 2.24) is 4.98 Å². The molecule has 1 aromatic carbocycles. The third-order valence-electron chi connectivity index (χ3n) is 4.68. The van der Waals surface area contributed by atoms with Crippen molar-refractivity contribution in [3.63, 3.8) is 0 Å². The topological polar surface area (TPSA) is 55.8 Å². The van der Waals surface area contributed by atoms with Crippen LogP contribution in [0.4, 0.5) is 0 Å². The van der Waals surface area contributed by atoms with Crippen LogP contribution in [0.5, 0.6) is 5.75 Å². The summed E-state index contributed by atoms with van der Waals surface area (Å²) >= 11 is 0. The van der Waals surface area contributed by atoms with E-state index in [0.717, 1.165) is 73.6 Å². The number of H-pyrrole nitrogens is 1. The number of aryl methyl sites for hydroxylation is 1. The quantitative estimate of drug-likeness (QED) is 0.788. The molecule has 0 atom stereocenters. The van der Waals surface area contributed by atoms with Crippen LogP contribution >= 0.6 is 0 Å². The van der Waals surface area contributed by atoms with Gasteiger partial charge in [-0.1, -0.05) is 13.3 Å². The maximum atomic E-state index is 13.0. The van der Waals surface area contributed by atoms with E-state index in [2.05, 4.69) is 11.9 Å². The summed E-state index contributed by atoms with van der Waals surface area (Å²) in [4.78, 5) is 17.8. The van der Waals surface area contributed by atoms with Gasteiger partial charge < -0.3 is 19.4 Å². The molecule has 1 saturated heterocycles. The van der Waals surface area contributed by atoms with E-state index < -0.39 is 0 Å². The monoisotopic (exact) mass is 331 g/mol. The molecule has 0 unspecified atom stereocenters. The molecule has 24 heavy (non-hydrogen) atoms. The minimum Gasteiger partial charge on any atom is -0.494 e. The second-order valence-electron chi connectivity index (χ2n) is 6.51. The Morgan fingerprint density at radius 1 is 1.29 bits per heavy atom. The summed E-state index contributed by atoms with van der Waals surface area (Å²) in [5.41, 5.74) is 2.85. The maximum Gasteiger partial charge on any atom is 0.198 e. The lowest BCUT2D eigenvalue weighted by Crippen LogP contribution is -3.13. The molecule has 1 aliphatic heterocycles. The number of morpholine rings is 1. The average molecular weight is 331 g/mol. The van der Waals surface area contributed by atoms with E-state index in [9.17, 15) is 4.79 Å². The largest absolute Gasteiger partial charge is 0.494 e. The second kappa shape index (κ2) is 7.81. The van der Waals surface area contributed by atoms with Crippen molar-refractivity contribution in [2.75, 3.05) is 32.9 Å². The smallest absolute Gasteiger partial charge is 0.198 e. The first kappa shape index (κ1) is 17.0. The summed E-state index contributed by atoms with van der Waals surface area (Å²) in [7, 11) is 0. The van der Waals surface area contributed by atoms with Gasteiger partial charge in [-0.2, -0.15) is 0 Å². The van der Waals surface area contributed by atoms with Crippen LogP contribution in [0.2, 0.25) is 0 Å². The molecule has 0 radical (unpaired) electrons. The van der Waals surface area contributed by atoms with Crippen molar-refractivity contribution in [3.8, 4) is 5.75 Å². The number of nitrogens with one attached hydrogen (secondary N) is 2. The molecule has 5 heteroatoms. The lowest BCUT2D eigenvalue weighted by molar-refractivity contribution is -0.921. The van der Waals surface area contributed by atoms with Gasteiger partial charge in [0, 0.05) is 16.6 Å². The number of pyridine rings is 1. The number of fused-ring (bicyclic) bond motifs is 1. The van der Waals surface area contributed by atoms with Crippen LogP contribution in [-0.2, 0) is 11.3 Å². The van der Waals surface area contributed by atoms with Gasteiger partial charge in [-0.05, 0) is 31.5 Å². The number of unbranched alkanes of at least 4 members (excludes halogenated alkanes) is 1. The number of ether oxygens (including phenoxy) is 2. The fourth-order valence-corrected chi connectivity index (χ4v) is 3.15. The molecule has 5 nitrogen and oxygen atoms in total.